The minimum Gasteiger partial charge on any atom is -0.343 e. The Kier molecular flexibility index (Phi) is 4.60. The van der Waals surface area contributed by atoms with E-state index in [4.69, 9.17) is 0 Å². The fraction of sp³-hybridized carbons (Fsp3) is 0.600. The van der Waals surface area contributed by atoms with Crippen molar-refractivity contribution < 1.29 is 9.59 Å². The number of likely N-dealkylation sites (N-methyl/N-ethyl adjacent to an activating group) is 1. The molecule has 3 aliphatic heterocycles. The van der Waals surface area contributed by atoms with Gasteiger partial charge in [0.1, 0.15) is 18.5 Å². The summed E-state index contributed by atoms with van der Waals surface area (Å²) in [5, 5.41) is 3.56. The Morgan fingerprint density at radius 3 is 2.63 bits per heavy atom. The molecular weight excluding hydrogens is 342 g/mol. The van der Waals surface area contributed by atoms with E-state index in [1.807, 2.05) is 6.92 Å². The van der Waals surface area contributed by atoms with Gasteiger partial charge in [0.15, 0.2) is 0 Å². The van der Waals surface area contributed by atoms with Gasteiger partial charge in [-0.15, -0.1) is 0 Å². The third-order valence-electron chi connectivity index (χ3n) is 6.14. The van der Waals surface area contributed by atoms with Crippen molar-refractivity contribution in [2.24, 2.45) is 0 Å². The highest BCUT2D eigenvalue weighted by molar-refractivity contribution is 6.00. The number of nitrogens with zero attached hydrogens (tertiary/aromatic N) is 4. The first-order chi connectivity index (χ1) is 12.9. The number of imide groups is 1. The number of benzene rings is 1. The van der Waals surface area contributed by atoms with Crippen molar-refractivity contribution in [1.29, 1.82) is 0 Å². The van der Waals surface area contributed by atoms with E-state index < -0.39 is 0 Å². The Hall–Kier alpha value is -2.12. The van der Waals surface area contributed by atoms with Crippen LogP contribution in [0.25, 0.3) is 0 Å². The van der Waals surface area contributed by atoms with Crippen LogP contribution in [0.1, 0.15) is 30.9 Å². The summed E-state index contributed by atoms with van der Waals surface area (Å²) in [6.07, 6.45) is 1.41. The first-order valence-electron chi connectivity index (χ1n) is 9.88. The quantitative estimate of drug-likeness (QED) is 0.876. The summed E-state index contributed by atoms with van der Waals surface area (Å²) >= 11 is 0. The minimum atomic E-state index is -0.321. The number of urea groups is 1. The minimum absolute atomic E-state index is 0.0677. The number of carbonyl (C=O) groups excluding carboxylic acids is 2. The van der Waals surface area contributed by atoms with Gasteiger partial charge in [0.25, 0.3) is 5.91 Å². The van der Waals surface area contributed by atoms with E-state index in [9.17, 15) is 9.59 Å². The van der Waals surface area contributed by atoms with Crippen molar-refractivity contribution in [3.63, 3.8) is 0 Å². The van der Waals surface area contributed by atoms with Crippen molar-refractivity contribution in [2.45, 2.75) is 52.1 Å². The summed E-state index contributed by atoms with van der Waals surface area (Å²) in [6, 6.07) is 5.99. The molecule has 0 aromatic heterocycles. The zero-order valence-corrected chi connectivity index (χ0v) is 16.6. The summed E-state index contributed by atoms with van der Waals surface area (Å²) in [5.41, 5.74) is 3.69. The summed E-state index contributed by atoms with van der Waals surface area (Å²) in [7, 11) is 1.79. The highest BCUT2D eigenvalue weighted by Crippen LogP contribution is 2.33. The van der Waals surface area contributed by atoms with Gasteiger partial charge in [-0.1, -0.05) is 13.0 Å². The molecule has 0 radical (unpaired) electrons. The molecule has 3 fully saturated rings. The molecule has 146 valence electrons. The molecule has 0 spiro atoms. The second-order valence-electron chi connectivity index (χ2n) is 7.87. The highest BCUT2D eigenvalue weighted by Gasteiger charge is 2.55. The Morgan fingerprint density at radius 2 is 1.93 bits per heavy atom. The molecule has 1 aromatic rings. The van der Waals surface area contributed by atoms with Gasteiger partial charge >= 0.3 is 6.03 Å². The molecule has 3 amide bonds. The number of amides is 3. The van der Waals surface area contributed by atoms with Gasteiger partial charge < -0.3 is 9.80 Å². The molecule has 3 aliphatic rings. The smallest absolute Gasteiger partial charge is 0.327 e. The van der Waals surface area contributed by atoms with E-state index in [2.05, 4.69) is 47.2 Å². The predicted molar refractivity (Wildman–Crippen MR) is 104 cm³/mol. The van der Waals surface area contributed by atoms with Gasteiger partial charge in [-0.05, 0) is 49.9 Å². The largest absolute Gasteiger partial charge is 0.343 e. The lowest BCUT2D eigenvalue weighted by atomic mass is 10.1. The number of rotatable bonds is 3. The van der Waals surface area contributed by atoms with E-state index in [1.54, 1.807) is 11.9 Å². The molecule has 1 aromatic carbocycles. The van der Waals surface area contributed by atoms with Crippen LogP contribution in [-0.4, -0.2) is 71.8 Å². The van der Waals surface area contributed by atoms with Gasteiger partial charge in [0, 0.05) is 32.4 Å². The van der Waals surface area contributed by atoms with Gasteiger partial charge in [0.05, 0.1) is 0 Å². The molecule has 3 saturated heterocycles. The second kappa shape index (κ2) is 6.80. The molecule has 4 rings (SSSR count). The second-order valence-corrected chi connectivity index (χ2v) is 7.87. The van der Waals surface area contributed by atoms with Gasteiger partial charge in [-0.2, -0.15) is 0 Å². The number of aryl methyl sites for hydroxylation is 2. The molecule has 7 heteroatoms. The zero-order valence-electron chi connectivity index (χ0n) is 16.6. The van der Waals surface area contributed by atoms with Gasteiger partial charge in [-0.25, -0.2) is 4.79 Å². The molecule has 0 bridgehead atoms. The van der Waals surface area contributed by atoms with E-state index in [0.717, 1.165) is 31.6 Å². The topological polar surface area (TPSA) is 59.1 Å². The Balaban J connectivity index is 1.66. The Bertz CT molecular complexity index is 767. The number of fused-ring (bicyclic) bond motifs is 3. The number of nitrogens with one attached hydrogen (secondary N) is 1. The lowest BCUT2D eigenvalue weighted by Crippen LogP contribution is -2.66. The van der Waals surface area contributed by atoms with E-state index >= 15 is 0 Å². The molecule has 1 N–H and O–H groups in total. The van der Waals surface area contributed by atoms with Crippen molar-refractivity contribution in [2.75, 3.05) is 31.6 Å². The molecule has 0 saturated carbocycles. The summed E-state index contributed by atoms with van der Waals surface area (Å²) in [4.78, 5) is 33.5. The number of hydrogen-bond donors (Lipinski definition) is 1. The normalized spacial score (nSPS) is 28.6. The average molecular weight is 371 g/mol. The standard InChI is InChI=1S/C20H29N5O2/c1-5-9-25-18(26)16-17(22(4)20(25)27)21-19-23(10-6-11-24(16)19)15-8-7-13(2)14(3)12-15/h7-8,12,16-17,19,21H,5-6,9-11H2,1-4H3. The summed E-state index contributed by atoms with van der Waals surface area (Å²) in [6.45, 7) is 8.50. The van der Waals surface area contributed by atoms with Gasteiger partial charge in [-0.3, -0.25) is 19.9 Å². The maximum atomic E-state index is 13.1. The first-order valence-corrected chi connectivity index (χ1v) is 9.88. The van der Waals surface area contributed by atoms with Crippen LogP contribution in [-0.2, 0) is 4.79 Å². The number of carbonyl (C=O) groups is 2. The number of anilines is 1. The van der Waals surface area contributed by atoms with Crippen LogP contribution in [0.2, 0.25) is 0 Å². The zero-order chi connectivity index (χ0) is 19.3. The summed E-state index contributed by atoms with van der Waals surface area (Å²) in [5.74, 6) is -0.0677. The van der Waals surface area contributed by atoms with Crippen molar-refractivity contribution in [3.05, 3.63) is 29.3 Å². The maximum absolute atomic E-state index is 13.1. The van der Waals surface area contributed by atoms with Crippen LogP contribution in [0.3, 0.4) is 0 Å². The van der Waals surface area contributed by atoms with Crippen LogP contribution in [0.4, 0.5) is 10.5 Å². The molecule has 3 atom stereocenters. The van der Waals surface area contributed by atoms with Crippen LogP contribution in [0.5, 0.6) is 0 Å². The lowest BCUT2D eigenvalue weighted by Gasteiger charge is -2.44. The van der Waals surface area contributed by atoms with E-state index in [-0.39, 0.29) is 30.4 Å². The van der Waals surface area contributed by atoms with Crippen LogP contribution in [0.15, 0.2) is 18.2 Å². The van der Waals surface area contributed by atoms with Crippen molar-refractivity contribution >= 4 is 17.6 Å². The molecular formula is C20H29N5O2. The van der Waals surface area contributed by atoms with Crippen LogP contribution in [0, 0.1) is 13.8 Å². The first kappa shape index (κ1) is 18.3. The fourth-order valence-electron chi connectivity index (χ4n) is 4.52. The van der Waals surface area contributed by atoms with Crippen molar-refractivity contribution in [3.8, 4) is 0 Å². The Labute approximate surface area is 160 Å². The van der Waals surface area contributed by atoms with E-state index in [0.29, 0.717) is 6.54 Å². The summed E-state index contributed by atoms with van der Waals surface area (Å²) < 4.78 is 0. The molecule has 27 heavy (non-hydrogen) atoms. The number of hydrogen-bond acceptors (Lipinski definition) is 5. The third kappa shape index (κ3) is 2.80. The average Bonchev–Trinajstić information content (AvgIpc) is 3.05. The lowest BCUT2D eigenvalue weighted by molar-refractivity contribution is -0.138. The third-order valence-corrected chi connectivity index (χ3v) is 6.14. The molecule has 0 aliphatic carbocycles. The predicted octanol–water partition coefficient (Wildman–Crippen LogP) is 1.70. The SMILES string of the molecule is CCCN1C(=O)C2C(NC3N(c4ccc(C)c(C)c4)CCCN23)N(C)C1=O. The molecule has 3 heterocycles. The van der Waals surface area contributed by atoms with E-state index in [1.165, 1.54) is 16.0 Å². The Morgan fingerprint density at radius 1 is 1.15 bits per heavy atom. The highest BCUT2D eigenvalue weighted by atomic mass is 16.2. The van der Waals surface area contributed by atoms with Crippen LogP contribution < -0.4 is 10.2 Å². The monoisotopic (exact) mass is 371 g/mol. The maximum Gasteiger partial charge on any atom is 0.327 e. The molecule has 7 nitrogen and oxygen atoms in total. The van der Waals surface area contributed by atoms with Gasteiger partial charge in [0.2, 0.25) is 0 Å². The fourth-order valence-corrected chi connectivity index (χ4v) is 4.52. The van der Waals surface area contributed by atoms with Crippen LogP contribution >= 0.6 is 0 Å². The van der Waals surface area contributed by atoms with Crippen molar-refractivity contribution in [1.82, 2.24) is 20.0 Å². The molecule has 3 unspecified atom stereocenters.